The van der Waals surface area contributed by atoms with E-state index in [4.69, 9.17) is 9.52 Å². The molecular formula is C17H19N3O. The Morgan fingerprint density at radius 1 is 1.14 bits per heavy atom. The second-order valence-electron chi connectivity index (χ2n) is 4.91. The van der Waals surface area contributed by atoms with Crippen molar-refractivity contribution in [3.8, 4) is 5.69 Å². The lowest BCUT2D eigenvalue weighted by atomic mass is 10.1. The molecule has 0 fully saturated rings. The molecule has 1 aromatic carbocycles. The van der Waals surface area contributed by atoms with Crippen molar-refractivity contribution in [2.75, 3.05) is 6.54 Å². The van der Waals surface area contributed by atoms with Gasteiger partial charge in [0.15, 0.2) is 0 Å². The Morgan fingerprint density at radius 2 is 2.00 bits per heavy atom. The van der Waals surface area contributed by atoms with Gasteiger partial charge in [-0.05, 0) is 36.9 Å². The van der Waals surface area contributed by atoms with Crippen LogP contribution >= 0.6 is 0 Å². The van der Waals surface area contributed by atoms with Gasteiger partial charge >= 0.3 is 0 Å². The molecular weight excluding hydrogens is 262 g/mol. The largest absolute Gasteiger partial charge is 0.469 e. The van der Waals surface area contributed by atoms with E-state index in [0.29, 0.717) is 0 Å². The molecule has 1 N–H and O–H groups in total. The number of hydrogen-bond acceptors (Lipinski definition) is 3. The first kappa shape index (κ1) is 13.6. The van der Waals surface area contributed by atoms with Crippen LogP contribution in [0.2, 0.25) is 0 Å². The summed E-state index contributed by atoms with van der Waals surface area (Å²) < 4.78 is 7.35. The summed E-state index contributed by atoms with van der Waals surface area (Å²) in [5.41, 5.74) is 2.09. The van der Waals surface area contributed by atoms with Crippen LogP contribution in [0.3, 0.4) is 0 Å². The molecule has 4 nitrogen and oxygen atoms in total. The van der Waals surface area contributed by atoms with Gasteiger partial charge in [-0.15, -0.1) is 0 Å². The zero-order chi connectivity index (χ0) is 14.5. The summed E-state index contributed by atoms with van der Waals surface area (Å²) in [6.45, 7) is 2.99. The van der Waals surface area contributed by atoms with E-state index in [1.165, 1.54) is 0 Å². The lowest BCUT2D eigenvalue weighted by molar-refractivity contribution is 0.448. The van der Waals surface area contributed by atoms with Gasteiger partial charge in [-0.1, -0.05) is 25.1 Å². The van der Waals surface area contributed by atoms with E-state index in [1.807, 2.05) is 53.3 Å². The van der Waals surface area contributed by atoms with Gasteiger partial charge < -0.3 is 9.73 Å². The highest BCUT2D eigenvalue weighted by molar-refractivity contribution is 5.30. The van der Waals surface area contributed by atoms with Gasteiger partial charge in [0.1, 0.15) is 5.76 Å². The molecule has 0 saturated carbocycles. The summed E-state index contributed by atoms with van der Waals surface area (Å²) in [6, 6.07) is 16.3. The van der Waals surface area contributed by atoms with Crippen molar-refractivity contribution in [2.45, 2.75) is 19.4 Å². The molecule has 2 aromatic heterocycles. The average molecular weight is 281 g/mol. The zero-order valence-electron chi connectivity index (χ0n) is 12.1. The van der Waals surface area contributed by atoms with Gasteiger partial charge in [-0.3, -0.25) is 0 Å². The third kappa shape index (κ3) is 3.23. The fraction of sp³-hybridized carbons (Fsp3) is 0.235. The number of rotatable bonds is 6. The van der Waals surface area contributed by atoms with Gasteiger partial charge in [0.2, 0.25) is 0 Å². The molecule has 1 unspecified atom stereocenters. The van der Waals surface area contributed by atoms with Crippen molar-refractivity contribution in [2.24, 2.45) is 0 Å². The summed E-state index contributed by atoms with van der Waals surface area (Å²) in [5, 5.41) is 8.16. The molecule has 3 aromatic rings. The number of furan rings is 1. The van der Waals surface area contributed by atoms with Crippen LogP contribution in [0, 0.1) is 0 Å². The fourth-order valence-corrected chi connectivity index (χ4v) is 2.41. The molecule has 108 valence electrons. The first-order valence-corrected chi connectivity index (χ1v) is 7.23. The van der Waals surface area contributed by atoms with Gasteiger partial charge in [-0.25, -0.2) is 4.68 Å². The molecule has 2 heterocycles. The zero-order valence-corrected chi connectivity index (χ0v) is 12.1. The Kier molecular flexibility index (Phi) is 4.17. The van der Waals surface area contributed by atoms with Crippen LogP contribution in [0.25, 0.3) is 5.69 Å². The van der Waals surface area contributed by atoms with E-state index in [1.54, 1.807) is 6.26 Å². The predicted molar refractivity (Wildman–Crippen MR) is 82.4 cm³/mol. The van der Waals surface area contributed by atoms with Crippen LogP contribution in [0.15, 0.2) is 65.4 Å². The second-order valence-corrected chi connectivity index (χ2v) is 4.91. The number of benzene rings is 1. The molecule has 4 heteroatoms. The summed E-state index contributed by atoms with van der Waals surface area (Å²) >= 11 is 0. The van der Waals surface area contributed by atoms with Crippen molar-refractivity contribution in [1.82, 2.24) is 15.1 Å². The van der Waals surface area contributed by atoms with Crippen molar-refractivity contribution >= 4 is 0 Å². The van der Waals surface area contributed by atoms with E-state index < -0.39 is 0 Å². The SMILES string of the molecule is CCNC(Cc1ccco1)c1ccn(-c2ccccc2)n1. The maximum atomic E-state index is 5.45. The highest BCUT2D eigenvalue weighted by Gasteiger charge is 2.15. The summed E-state index contributed by atoms with van der Waals surface area (Å²) in [5.74, 6) is 0.968. The first-order valence-electron chi connectivity index (χ1n) is 7.23. The number of para-hydroxylation sites is 1. The first-order chi connectivity index (χ1) is 10.4. The standard InChI is InChI=1S/C17H19N3O/c1-2-18-17(13-15-9-6-12-21-15)16-10-11-20(19-16)14-7-4-3-5-8-14/h3-12,17-18H,2,13H2,1H3. The maximum Gasteiger partial charge on any atom is 0.105 e. The van der Waals surface area contributed by atoms with Crippen molar-refractivity contribution in [3.63, 3.8) is 0 Å². The third-order valence-corrected chi connectivity index (χ3v) is 3.42. The molecule has 0 bridgehead atoms. The molecule has 0 radical (unpaired) electrons. The number of nitrogens with zero attached hydrogens (tertiary/aromatic N) is 2. The lowest BCUT2D eigenvalue weighted by Gasteiger charge is -2.14. The highest BCUT2D eigenvalue weighted by Crippen LogP contribution is 2.18. The Balaban J connectivity index is 1.81. The summed E-state index contributed by atoms with van der Waals surface area (Å²) in [6.07, 6.45) is 4.50. The molecule has 0 aliphatic rings. The van der Waals surface area contributed by atoms with Crippen LogP contribution in [-0.4, -0.2) is 16.3 Å². The smallest absolute Gasteiger partial charge is 0.105 e. The normalized spacial score (nSPS) is 12.4. The van der Waals surface area contributed by atoms with Gasteiger partial charge in [0.25, 0.3) is 0 Å². The molecule has 0 aliphatic heterocycles. The Labute approximate surface area is 124 Å². The summed E-state index contributed by atoms with van der Waals surface area (Å²) in [7, 11) is 0. The average Bonchev–Trinajstić information content (AvgIpc) is 3.19. The molecule has 0 spiro atoms. The second kappa shape index (κ2) is 6.41. The lowest BCUT2D eigenvalue weighted by Crippen LogP contribution is -2.23. The van der Waals surface area contributed by atoms with Crippen LogP contribution in [-0.2, 0) is 6.42 Å². The number of hydrogen-bond donors (Lipinski definition) is 1. The van der Waals surface area contributed by atoms with Crippen molar-refractivity contribution < 1.29 is 4.42 Å². The number of nitrogens with one attached hydrogen (secondary N) is 1. The van der Waals surface area contributed by atoms with E-state index >= 15 is 0 Å². The maximum absolute atomic E-state index is 5.45. The molecule has 3 rings (SSSR count). The van der Waals surface area contributed by atoms with Crippen molar-refractivity contribution in [1.29, 1.82) is 0 Å². The van der Waals surface area contributed by atoms with Crippen LogP contribution < -0.4 is 5.32 Å². The van der Waals surface area contributed by atoms with E-state index in [9.17, 15) is 0 Å². The van der Waals surface area contributed by atoms with E-state index in [2.05, 4.69) is 18.3 Å². The monoisotopic (exact) mass is 281 g/mol. The molecule has 0 aliphatic carbocycles. The Bertz CT molecular complexity index is 658. The Morgan fingerprint density at radius 3 is 2.71 bits per heavy atom. The van der Waals surface area contributed by atoms with Crippen LogP contribution in [0.5, 0.6) is 0 Å². The molecule has 1 atom stereocenters. The minimum Gasteiger partial charge on any atom is -0.469 e. The predicted octanol–water partition coefficient (Wildman–Crippen LogP) is 3.36. The Hall–Kier alpha value is -2.33. The molecule has 0 saturated heterocycles. The third-order valence-electron chi connectivity index (χ3n) is 3.42. The van der Waals surface area contributed by atoms with E-state index in [-0.39, 0.29) is 6.04 Å². The van der Waals surface area contributed by atoms with Crippen LogP contribution in [0.4, 0.5) is 0 Å². The molecule has 0 amide bonds. The van der Waals surface area contributed by atoms with Crippen LogP contribution in [0.1, 0.15) is 24.4 Å². The quantitative estimate of drug-likeness (QED) is 0.753. The van der Waals surface area contributed by atoms with Crippen molar-refractivity contribution in [3.05, 3.63) is 72.4 Å². The topological polar surface area (TPSA) is 43.0 Å². The highest BCUT2D eigenvalue weighted by atomic mass is 16.3. The van der Waals surface area contributed by atoms with Gasteiger partial charge in [-0.2, -0.15) is 5.10 Å². The van der Waals surface area contributed by atoms with Gasteiger partial charge in [0, 0.05) is 12.6 Å². The van der Waals surface area contributed by atoms with E-state index in [0.717, 1.165) is 30.1 Å². The molecule has 21 heavy (non-hydrogen) atoms. The minimum absolute atomic E-state index is 0.158. The minimum atomic E-state index is 0.158. The van der Waals surface area contributed by atoms with Gasteiger partial charge in [0.05, 0.1) is 23.7 Å². The fourth-order valence-electron chi connectivity index (χ4n) is 2.41. The number of aromatic nitrogens is 2. The number of likely N-dealkylation sites (N-methyl/N-ethyl adjacent to an activating group) is 1. The summed E-state index contributed by atoms with van der Waals surface area (Å²) in [4.78, 5) is 0.